The molecule has 0 radical (unpaired) electrons. The van der Waals surface area contributed by atoms with Gasteiger partial charge in [0.1, 0.15) is 6.04 Å². The molecule has 1 amide bonds. The van der Waals surface area contributed by atoms with Gasteiger partial charge in [0, 0.05) is 11.0 Å². The van der Waals surface area contributed by atoms with Gasteiger partial charge in [0.25, 0.3) is 5.91 Å². The number of carbonyl (C=O) groups is 2. The minimum atomic E-state index is -0.460. The Hall–Kier alpha value is -1.36. The summed E-state index contributed by atoms with van der Waals surface area (Å²) in [6.45, 7) is 4.67. The lowest BCUT2D eigenvalue weighted by molar-refractivity contribution is -0.149. The molecule has 0 aromatic heterocycles. The van der Waals surface area contributed by atoms with Gasteiger partial charge in [-0.2, -0.15) is 0 Å². The minimum absolute atomic E-state index is 0.108. The van der Waals surface area contributed by atoms with Crippen LogP contribution in [0, 0.1) is 6.92 Å². The van der Waals surface area contributed by atoms with Gasteiger partial charge >= 0.3 is 5.97 Å². The number of hydrogen-bond acceptors (Lipinski definition) is 3. The number of ether oxygens (including phenoxy) is 1. The minimum Gasteiger partial charge on any atom is -0.464 e. The van der Waals surface area contributed by atoms with E-state index in [2.05, 4.69) is 15.9 Å². The van der Waals surface area contributed by atoms with Crippen LogP contribution in [-0.4, -0.2) is 36.0 Å². The van der Waals surface area contributed by atoms with Gasteiger partial charge in [-0.25, -0.2) is 4.79 Å². The van der Waals surface area contributed by atoms with E-state index < -0.39 is 6.04 Å². The van der Waals surface area contributed by atoms with Crippen molar-refractivity contribution < 1.29 is 14.3 Å². The summed E-state index contributed by atoms with van der Waals surface area (Å²) in [5, 5.41) is 0. The number of piperidine rings is 1. The second-order valence-corrected chi connectivity index (χ2v) is 6.10. The van der Waals surface area contributed by atoms with Gasteiger partial charge in [0.15, 0.2) is 0 Å². The van der Waals surface area contributed by atoms with Crippen molar-refractivity contribution >= 4 is 27.8 Å². The summed E-state index contributed by atoms with van der Waals surface area (Å²) in [4.78, 5) is 26.5. The van der Waals surface area contributed by atoms with E-state index in [0.29, 0.717) is 25.1 Å². The van der Waals surface area contributed by atoms with E-state index in [1.54, 1.807) is 11.8 Å². The molecule has 0 saturated carbocycles. The van der Waals surface area contributed by atoms with Crippen LogP contribution in [0.1, 0.15) is 42.1 Å². The fraction of sp³-hybridized carbons (Fsp3) is 0.500. The molecule has 114 valence electrons. The molecular formula is C16H20BrNO3. The third-order valence-electron chi connectivity index (χ3n) is 3.67. The van der Waals surface area contributed by atoms with E-state index >= 15 is 0 Å². The Bertz CT molecular complexity index is 544. The van der Waals surface area contributed by atoms with Gasteiger partial charge in [0.05, 0.1) is 12.2 Å². The fourth-order valence-corrected chi connectivity index (χ4v) is 3.03. The molecular weight excluding hydrogens is 334 g/mol. The third kappa shape index (κ3) is 3.64. The molecule has 0 N–H and O–H groups in total. The molecule has 0 spiro atoms. The monoisotopic (exact) mass is 353 g/mol. The Morgan fingerprint density at radius 3 is 2.86 bits per heavy atom. The van der Waals surface area contributed by atoms with Crippen molar-refractivity contribution in [3.63, 3.8) is 0 Å². The number of esters is 1. The van der Waals surface area contributed by atoms with Crippen molar-refractivity contribution in [2.45, 2.75) is 39.2 Å². The first-order chi connectivity index (χ1) is 10.0. The highest BCUT2D eigenvalue weighted by molar-refractivity contribution is 9.10. The second kappa shape index (κ2) is 7.07. The zero-order chi connectivity index (χ0) is 15.4. The Kier molecular flexibility index (Phi) is 5.39. The number of nitrogens with zero attached hydrogens (tertiary/aromatic N) is 1. The van der Waals surface area contributed by atoms with E-state index in [0.717, 1.165) is 22.9 Å². The first-order valence-electron chi connectivity index (χ1n) is 7.28. The molecule has 1 heterocycles. The summed E-state index contributed by atoms with van der Waals surface area (Å²) >= 11 is 3.42. The molecule has 1 atom stereocenters. The molecule has 0 aliphatic carbocycles. The summed E-state index contributed by atoms with van der Waals surface area (Å²) < 4.78 is 5.86. The Morgan fingerprint density at radius 2 is 2.14 bits per heavy atom. The summed E-state index contributed by atoms with van der Waals surface area (Å²) in [5.41, 5.74) is 1.62. The van der Waals surface area contributed by atoms with E-state index in [1.807, 2.05) is 25.1 Å². The topological polar surface area (TPSA) is 46.6 Å². The smallest absolute Gasteiger partial charge is 0.328 e. The zero-order valence-corrected chi connectivity index (χ0v) is 14.0. The van der Waals surface area contributed by atoms with Crippen LogP contribution >= 0.6 is 15.9 Å². The number of halogens is 1. The summed E-state index contributed by atoms with van der Waals surface area (Å²) in [6.07, 6.45) is 2.54. The van der Waals surface area contributed by atoms with E-state index in [1.165, 1.54) is 0 Å². The van der Waals surface area contributed by atoms with Crippen LogP contribution in [0.2, 0.25) is 0 Å². The van der Waals surface area contributed by atoms with Gasteiger partial charge in [-0.3, -0.25) is 4.79 Å². The SMILES string of the molecule is CCOC(=O)C1CCCCN1C(=O)c1cc(C)ccc1Br. The van der Waals surface area contributed by atoms with Gasteiger partial charge in [-0.05, 0) is 61.2 Å². The quantitative estimate of drug-likeness (QED) is 0.783. The average Bonchev–Trinajstić information content (AvgIpc) is 2.49. The third-order valence-corrected chi connectivity index (χ3v) is 4.37. The number of aryl methyl sites for hydroxylation is 1. The molecule has 0 bridgehead atoms. The van der Waals surface area contributed by atoms with Crippen molar-refractivity contribution in [3.8, 4) is 0 Å². The normalized spacial score (nSPS) is 18.4. The first-order valence-corrected chi connectivity index (χ1v) is 8.07. The highest BCUT2D eigenvalue weighted by Crippen LogP contribution is 2.25. The molecule has 1 saturated heterocycles. The molecule has 1 fully saturated rings. The van der Waals surface area contributed by atoms with Crippen LogP contribution in [0.3, 0.4) is 0 Å². The van der Waals surface area contributed by atoms with Gasteiger partial charge in [-0.1, -0.05) is 11.6 Å². The average molecular weight is 354 g/mol. The maximum Gasteiger partial charge on any atom is 0.328 e. The number of amides is 1. The largest absolute Gasteiger partial charge is 0.464 e. The van der Waals surface area contributed by atoms with Crippen molar-refractivity contribution in [2.24, 2.45) is 0 Å². The Morgan fingerprint density at radius 1 is 1.38 bits per heavy atom. The lowest BCUT2D eigenvalue weighted by Crippen LogP contribution is -2.48. The zero-order valence-electron chi connectivity index (χ0n) is 12.4. The number of likely N-dealkylation sites (tertiary alicyclic amines) is 1. The van der Waals surface area contributed by atoms with Crippen molar-refractivity contribution in [3.05, 3.63) is 33.8 Å². The van der Waals surface area contributed by atoms with E-state index in [-0.39, 0.29) is 11.9 Å². The number of carbonyl (C=O) groups excluding carboxylic acids is 2. The highest BCUT2D eigenvalue weighted by atomic mass is 79.9. The molecule has 4 nitrogen and oxygen atoms in total. The standard InChI is InChI=1S/C16H20BrNO3/c1-3-21-16(20)14-6-4-5-9-18(14)15(19)12-10-11(2)7-8-13(12)17/h7-8,10,14H,3-6,9H2,1-2H3. The molecule has 1 aliphatic heterocycles. The molecule has 21 heavy (non-hydrogen) atoms. The number of benzene rings is 1. The van der Waals surface area contributed by atoms with Crippen molar-refractivity contribution in [1.82, 2.24) is 4.90 Å². The van der Waals surface area contributed by atoms with E-state index in [9.17, 15) is 9.59 Å². The lowest BCUT2D eigenvalue weighted by atomic mass is 10.0. The first kappa shape index (κ1) is 16.0. The van der Waals surface area contributed by atoms with Gasteiger partial charge in [-0.15, -0.1) is 0 Å². The second-order valence-electron chi connectivity index (χ2n) is 5.25. The molecule has 1 unspecified atom stereocenters. The van der Waals surface area contributed by atoms with Crippen LogP contribution < -0.4 is 0 Å². The maximum absolute atomic E-state index is 12.8. The van der Waals surface area contributed by atoms with Gasteiger partial charge in [0.2, 0.25) is 0 Å². The maximum atomic E-state index is 12.8. The summed E-state index contributed by atoms with van der Waals surface area (Å²) in [6, 6.07) is 5.20. The van der Waals surface area contributed by atoms with Crippen LogP contribution in [0.4, 0.5) is 0 Å². The Labute approximate surface area is 133 Å². The van der Waals surface area contributed by atoms with E-state index in [4.69, 9.17) is 4.74 Å². The molecule has 1 aromatic rings. The van der Waals surface area contributed by atoms with Crippen molar-refractivity contribution in [1.29, 1.82) is 0 Å². The fourth-order valence-electron chi connectivity index (χ4n) is 2.62. The summed E-state index contributed by atoms with van der Waals surface area (Å²) in [7, 11) is 0. The number of rotatable bonds is 3. The van der Waals surface area contributed by atoms with Crippen LogP contribution in [-0.2, 0) is 9.53 Å². The number of hydrogen-bond donors (Lipinski definition) is 0. The van der Waals surface area contributed by atoms with Crippen LogP contribution in [0.25, 0.3) is 0 Å². The lowest BCUT2D eigenvalue weighted by Gasteiger charge is -2.34. The molecule has 1 aliphatic rings. The predicted octanol–water partition coefficient (Wildman–Crippen LogP) is 3.32. The van der Waals surface area contributed by atoms with Crippen molar-refractivity contribution in [2.75, 3.05) is 13.2 Å². The Balaban J connectivity index is 2.26. The van der Waals surface area contributed by atoms with Crippen LogP contribution in [0.5, 0.6) is 0 Å². The van der Waals surface area contributed by atoms with Gasteiger partial charge < -0.3 is 9.64 Å². The molecule has 2 rings (SSSR count). The van der Waals surface area contributed by atoms with Crippen LogP contribution in [0.15, 0.2) is 22.7 Å². The predicted molar refractivity (Wildman–Crippen MR) is 84.2 cm³/mol. The highest BCUT2D eigenvalue weighted by Gasteiger charge is 2.34. The molecule has 5 heteroatoms. The summed E-state index contributed by atoms with van der Waals surface area (Å²) in [5.74, 6) is -0.405. The molecule has 1 aromatic carbocycles.